The Morgan fingerprint density at radius 2 is 0.417 bits per heavy atom. The van der Waals surface area contributed by atoms with Crippen molar-refractivity contribution >= 4 is 114 Å². The normalized spacial score (nSPS) is 2.50. The minimum atomic E-state index is 0. The molecule has 0 aliphatic heterocycles. The molecule has 0 rings (SSSR count). The molecule has 0 radical (unpaired) electrons. The summed E-state index contributed by atoms with van der Waals surface area (Å²) in [6.07, 6.45) is 0. The molecule has 0 aliphatic rings. The van der Waals surface area contributed by atoms with Crippen molar-refractivity contribution in [3.05, 3.63) is 0 Å². The predicted molar refractivity (Wildman–Crippen MR) is 40.8 cm³/mol. The Morgan fingerprint density at radius 3 is 0.417 bits per heavy atom. The van der Waals surface area contributed by atoms with E-state index in [0.717, 1.165) is 0 Å². The molecular weight excluding hydrogens is 324 g/mol. The fourth-order valence-electron chi connectivity index (χ4n) is 0. The zero-order valence-corrected chi connectivity index (χ0v) is 12.4. The molecule has 0 saturated heterocycles. The maximum absolute atomic E-state index is 7.72. The van der Waals surface area contributed by atoms with Crippen LogP contribution in [0.4, 0.5) is 0 Å². The van der Waals surface area contributed by atoms with Gasteiger partial charge in [0.2, 0.25) is 0 Å². The van der Waals surface area contributed by atoms with Crippen molar-refractivity contribution in [3.8, 4) is 0 Å². The second-order valence-corrected chi connectivity index (χ2v) is 0. The average molecular weight is 324 g/mol. The van der Waals surface area contributed by atoms with Crippen LogP contribution < -0.4 is 23.3 Å². The minimum absolute atomic E-state index is 0. The largest absolute Gasteiger partial charge is 3.00 e. The standard InChI is InChI=1S/Al.Ca.5ClO/c;;5*1-2/q+3;+2;5*-1. The van der Waals surface area contributed by atoms with Crippen molar-refractivity contribution in [1.29, 1.82) is 0 Å². The fourth-order valence-corrected chi connectivity index (χ4v) is 0. The molecule has 0 amide bonds. The Bertz CT molecular complexity index is 19.8. The van der Waals surface area contributed by atoms with E-state index in [1.165, 1.54) is 0 Å². The number of hydrogen-bond donors (Lipinski definition) is 0. The molecule has 0 heterocycles. The first-order valence-corrected chi connectivity index (χ1v) is 2.31. The Hall–Kier alpha value is 3.04. The summed E-state index contributed by atoms with van der Waals surface area (Å²) < 4.78 is 38.6. The Morgan fingerprint density at radius 1 is 0.417 bits per heavy atom. The number of rotatable bonds is 0. The van der Waals surface area contributed by atoms with Gasteiger partial charge in [-0.1, -0.05) is 0 Å². The molecule has 5 nitrogen and oxygen atoms in total. The molecule has 0 aromatic heterocycles. The molecule has 0 N–H and O–H groups in total. The van der Waals surface area contributed by atoms with Crippen molar-refractivity contribution in [2.24, 2.45) is 0 Å². The van der Waals surface area contributed by atoms with E-state index in [2.05, 4.69) is 59.3 Å². The van der Waals surface area contributed by atoms with Gasteiger partial charge in [-0.05, 0) is 0 Å². The van der Waals surface area contributed by atoms with E-state index in [1.54, 1.807) is 0 Å². The van der Waals surface area contributed by atoms with Gasteiger partial charge in [-0.25, -0.2) is 59.3 Å². The summed E-state index contributed by atoms with van der Waals surface area (Å²) in [6, 6.07) is 0. The summed E-state index contributed by atoms with van der Waals surface area (Å²) in [5.74, 6) is 0. The minimum Gasteiger partial charge on any atom is -0.769 e. The summed E-state index contributed by atoms with van der Waals surface area (Å²) in [4.78, 5) is 0. The number of halogens is 5. The maximum atomic E-state index is 7.72. The van der Waals surface area contributed by atoms with Crippen molar-refractivity contribution in [1.82, 2.24) is 0 Å². The molecule has 0 atom stereocenters. The van der Waals surface area contributed by atoms with Crippen molar-refractivity contribution in [3.63, 3.8) is 0 Å². The van der Waals surface area contributed by atoms with Gasteiger partial charge in [0.25, 0.3) is 0 Å². The van der Waals surface area contributed by atoms with Crippen LogP contribution in [-0.4, -0.2) is 55.1 Å². The first kappa shape index (κ1) is 45.9. The monoisotopic (exact) mass is 322 g/mol. The van der Waals surface area contributed by atoms with E-state index in [0.29, 0.717) is 0 Å². The molecule has 0 bridgehead atoms. The number of hydrogen-bond acceptors (Lipinski definition) is 5. The van der Waals surface area contributed by atoms with Gasteiger partial charge in [0, 0.05) is 0 Å². The molecule has 0 aromatic carbocycles. The van der Waals surface area contributed by atoms with Gasteiger partial charge >= 0.3 is 55.1 Å². The van der Waals surface area contributed by atoms with Crippen molar-refractivity contribution in [2.45, 2.75) is 0 Å². The van der Waals surface area contributed by atoms with E-state index in [9.17, 15) is 0 Å². The smallest absolute Gasteiger partial charge is 0.769 e. The molecule has 12 heteroatoms. The van der Waals surface area contributed by atoms with E-state index in [4.69, 9.17) is 23.3 Å². The molecule has 0 fully saturated rings. The van der Waals surface area contributed by atoms with Crippen LogP contribution in [0.5, 0.6) is 0 Å². The first-order valence-electron chi connectivity index (χ1n) is 0.772. The summed E-state index contributed by atoms with van der Waals surface area (Å²) in [5, 5.41) is 0. The van der Waals surface area contributed by atoms with Crippen LogP contribution in [0, 0.1) is 0 Å². The van der Waals surface area contributed by atoms with Crippen LogP contribution in [0.25, 0.3) is 0 Å². The zero-order chi connectivity index (χ0) is 10.0. The third-order valence-electron chi connectivity index (χ3n) is 0. The second kappa shape index (κ2) is 258. The van der Waals surface area contributed by atoms with Crippen LogP contribution in [0.1, 0.15) is 0 Å². The first-order chi connectivity index (χ1) is 5.00. The molecule has 0 aromatic rings. The molecule has 0 saturated carbocycles. The van der Waals surface area contributed by atoms with Crippen LogP contribution in [0.15, 0.2) is 0 Å². The third kappa shape index (κ3) is 204. The molecular formula is AlCaCl5O5. The third-order valence-corrected chi connectivity index (χ3v) is 0. The zero-order valence-electron chi connectivity index (χ0n) is 5.22. The SMILES string of the molecule is [Al+3].[Ca+2].[O-]Cl.[O-]Cl.[O-]Cl.[O-]Cl.[O-]Cl. The summed E-state index contributed by atoms with van der Waals surface area (Å²) >= 11 is 16.9. The van der Waals surface area contributed by atoms with Crippen LogP contribution in [0.2, 0.25) is 0 Å². The average Bonchev–Trinajstić information content (AvgIpc) is 2.20. The van der Waals surface area contributed by atoms with E-state index in [-0.39, 0.29) is 55.1 Å². The van der Waals surface area contributed by atoms with Gasteiger partial charge in [-0.3, -0.25) is 0 Å². The van der Waals surface area contributed by atoms with Crippen molar-refractivity contribution < 1.29 is 23.3 Å². The van der Waals surface area contributed by atoms with E-state index in [1.807, 2.05) is 0 Å². The van der Waals surface area contributed by atoms with Crippen LogP contribution in [0.3, 0.4) is 0 Å². The van der Waals surface area contributed by atoms with Crippen LogP contribution in [-0.2, 0) is 0 Å². The van der Waals surface area contributed by atoms with Gasteiger partial charge in [-0.15, -0.1) is 0 Å². The topological polar surface area (TPSA) is 115 Å². The summed E-state index contributed by atoms with van der Waals surface area (Å²) in [7, 11) is 0. The van der Waals surface area contributed by atoms with Gasteiger partial charge in [0.15, 0.2) is 0 Å². The van der Waals surface area contributed by atoms with Gasteiger partial charge < -0.3 is 23.3 Å². The van der Waals surface area contributed by atoms with Gasteiger partial charge in [0.1, 0.15) is 0 Å². The van der Waals surface area contributed by atoms with Crippen LogP contribution >= 0.6 is 59.3 Å². The van der Waals surface area contributed by atoms with Crippen molar-refractivity contribution in [2.75, 3.05) is 0 Å². The van der Waals surface area contributed by atoms with Gasteiger partial charge in [0.05, 0.1) is 0 Å². The maximum Gasteiger partial charge on any atom is 3.00 e. The Labute approximate surface area is 136 Å². The molecule has 70 valence electrons. The fraction of sp³-hybridized carbons (Fsp3) is 0. The van der Waals surface area contributed by atoms with Gasteiger partial charge in [-0.2, -0.15) is 0 Å². The Balaban J connectivity index is -0.00000000500. The Kier molecular flexibility index (Phi) is 986. The summed E-state index contributed by atoms with van der Waals surface area (Å²) in [5.41, 5.74) is 0. The predicted octanol–water partition coefficient (Wildman–Crippen LogP) is -3.26. The molecule has 12 heavy (non-hydrogen) atoms. The molecule has 0 unspecified atom stereocenters. The van der Waals surface area contributed by atoms with E-state index < -0.39 is 0 Å². The molecule has 0 aliphatic carbocycles. The summed E-state index contributed by atoms with van der Waals surface area (Å²) in [6.45, 7) is 0. The quantitative estimate of drug-likeness (QED) is 0.434. The second-order valence-electron chi connectivity index (χ2n) is 0. The van der Waals surface area contributed by atoms with E-state index >= 15 is 0 Å². The molecule has 0 spiro atoms.